The number of aromatic nitrogens is 3. The number of benzene rings is 1. The molecule has 1 aromatic heterocycles. The van der Waals surface area contributed by atoms with Gasteiger partial charge in [0, 0.05) is 6.07 Å². The first kappa shape index (κ1) is 9.96. The minimum absolute atomic E-state index is 0.0910. The molecule has 0 aliphatic rings. The lowest BCUT2D eigenvalue weighted by atomic mass is 10.1. The summed E-state index contributed by atoms with van der Waals surface area (Å²) < 4.78 is 5.14. The summed E-state index contributed by atoms with van der Waals surface area (Å²) in [5.74, 6) is 0.809. The van der Waals surface area contributed by atoms with Gasteiger partial charge in [0.15, 0.2) is 0 Å². The molecule has 0 saturated heterocycles. The van der Waals surface area contributed by atoms with Crippen molar-refractivity contribution in [3.05, 3.63) is 18.2 Å². The Morgan fingerprint density at radius 1 is 1.13 bits per heavy atom. The minimum Gasteiger partial charge on any atom is -0.497 e. The van der Waals surface area contributed by atoms with Gasteiger partial charge >= 0.3 is 0 Å². The van der Waals surface area contributed by atoms with E-state index in [1.807, 2.05) is 18.2 Å². The standard InChI is InChI=1S/C11H15N3O/c1-11(2,3)14-12-9-6-5-8(15-4)7-10(9)13-14/h5-7H,1-4H3. The van der Waals surface area contributed by atoms with Crippen molar-refractivity contribution in [2.45, 2.75) is 26.3 Å². The zero-order valence-electron chi connectivity index (χ0n) is 9.48. The van der Waals surface area contributed by atoms with Gasteiger partial charge in [-0.15, -0.1) is 0 Å². The predicted molar refractivity (Wildman–Crippen MR) is 59.1 cm³/mol. The summed E-state index contributed by atoms with van der Waals surface area (Å²) in [5.41, 5.74) is 1.67. The summed E-state index contributed by atoms with van der Waals surface area (Å²) in [6.45, 7) is 6.22. The third-order valence-electron chi connectivity index (χ3n) is 2.19. The summed E-state index contributed by atoms with van der Waals surface area (Å²) >= 11 is 0. The van der Waals surface area contributed by atoms with E-state index in [2.05, 4.69) is 31.0 Å². The van der Waals surface area contributed by atoms with Crippen LogP contribution in [0.4, 0.5) is 0 Å². The zero-order valence-corrected chi connectivity index (χ0v) is 9.48. The van der Waals surface area contributed by atoms with E-state index in [4.69, 9.17) is 4.74 Å². The summed E-state index contributed by atoms with van der Waals surface area (Å²) in [6, 6.07) is 5.71. The SMILES string of the molecule is COc1ccc2nn(C(C)(C)C)nc2c1. The highest BCUT2D eigenvalue weighted by Crippen LogP contribution is 2.20. The fraction of sp³-hybridized carbons (Fsp3) is 0.455. The first-order chi connectivity index (χ1) is 7.00. The fourth-order valence-corrected chi connectivity index (χ4v) is 1.32. The van der Waals surface area contributed by atoms with Crippen LogP contribution in [0.2, 0.25) is 0 Å². The Morgan fingerprint density at radius 2 is 1.80 bits per heavy atom. The van der Waals surface area contributed by atoms with Gasteiger partial charge in [-0.2, -0.15) is 15.0 Å². The Bertz CT molecular complexity index is 482. The Balaban J connectivity index is 2.56. The van der Waals surface area contributed by atoms with Crippen LogP contribution < -0.4 is 4.74 Å². The fourth-order valence-electron chi connectivity index (χ4n) is 1.32. The maximum Gasteiger partial charge on any atom is 0.121 e. The molecule has 0 radical (unpaired) electrons. The van der Waals surface area contributed by atoms with Crippen molar-refractivity contribution in [2.75, 3.05) is 7.11 Å². The number of ether oxygens (including phenoxy) is 1. The molecule has 4 nitrogen and oxygen atoms in total. The normalized spacial score (nSPS) is 12.0. The smallest absolute Gasteiger partial charge is 0.121 e. The van der Waals surface area contributed by atoms with Gasteiger partial charge in [-0.3, -0.25) is 0 Å². The molecule has 80 valence electrons. The molecule has 2 aromatic rings. The van der Waals surface area contributed by atoms with E-state index >= 15 is 0 Å². The second-order valence-electron chi connectivity index (χ2n) is 4.51. The highest BCUT2D eigenvalue weighted by molar-refractivity contribution is 5.75. The van der Waals surface area contributed by atoms with E-state index in [1.165, 1.54) is 0 Å². The van der Waals surface area contributed by atoms with Crippen molar-refractivity contribution < 1.29 is 4.74 Å². The topological polar surface area (TPSA) is 39.9 Å². The van der Waals surface area contributed by atoms with Crippen molar-refractivity contribution in [1.82, 2.24) is 15.0 Å². The summed E-state index contributed by atoms with van der Waals surface area (Å²) in [4.78, 5) is 1.73. The van der Waals surface area contributed by atoms with Crippen LogP contribution in [-0.2, 0) is 5.54 Å². The van der Waals surface area contributed by atoms with E-state index in [-0.39, 0.29) is 5.54 Å². The minimum atomic E-state index is -0.0910. The Labute approximate surface area is 88.8 Å². The lowest BCUT2D eigenvalue weighted by Crippen LogP contribution is -2.24. The van der Waals surface area contributed by atoms with E-state index < -0.39 is 0 Å². The molecule has 0 aliphatic heterocycles. The van der Waals surface area contributed by atoms with Gasteiger partial charge in [0.25, 0.3) is 0 Å². The molecule has 1 heterocycles. The molecule has 15 heavy (non-hydrogen) atoms. The van der Waals surface area contributed by atoms with Crippen LogP contribution in [0.1, 0.15) is 20.8 Å². The molecule has 0 spiro atoms. The summed E-state index contributed by atoms with van der Waals surface area (Å²) in [6.07, 6.45) is 0. The second kappa shape index (κ2) is 3.22. The van der Waals surface area contributed by atoms with Crippen LogP contribution in [0.25, 0.3) is 11.0 Å². The highest BCUT2D eigenvalue weighted by Gasteiger charge is 2.16. The van der Waals surface area contributed by atoms with Crippen molar-refractivity contribution in [1.29, 1.82) is 0 Å². The predicted octanol–water partition coefficient (Wildman–Crippen LogP) is 2.19. The number of methoxy groups -OCH3 is 1. The molecule has 0 unspecified atom stereocenters. The Morgan fingerprint density at radius 3 is 2.40 bits per heavy atom. The number of nitrogens with zero attached hydrogens (tertiary/aromatic N) is 3. The van der Waals surface area contributed by atoms with Crippen molar-refractivity contribution in [2.24, 2.45) is 0 Å². The summed E-state index contributed by atoms with van der Waals surface area (Å²) in [5, 5.41) is 8.83. The quantitative estimate of drug-likeness (QED) is 0.716. The maximum absolute atomic E-state index is 5.14. The lowest BCUT2D eigenvalue weighted by molar-refractivity contribution is 0.316. The molecular formula is C11H15N3O. The molecule has 4 heteroatoms. The number of fused-ring (bicyclic) bond motifs is 1. The van der Waals surface area contributed by atoms with E-state index in [0.717, 1.165) is 16.8 Å². The molecule has 0 aliphatic carbocycles. The molecule has 1 aromatic carbocycles. The van der Waals surface area contributed by atoms with Crippen molar-refractivity contribution in [3.8, 4) is 5.75 Å². The maximum atomic E-state index is 5.14. The van der Waals surface area contributed by atoms with Crippen LogP contribution in [0.5, 0.6) is 5.75 Å². The van der Waals surface area contributed by atoms with Crippen LogP contribution >= 0.6 is 0 Å². The molecular weight excluding hydrogens is 190 g/mol. The van der Waals surface area contributed by atoms with Crippen molar-refractivity contribution in [3.63, 3.8) is 0 Å². The molecule has 2 rings (SSSR count). The van der Waals surface area contributed by atoms with Gasteiger partial charge in [0.2, 0.25) is 0 Å². The Hall–Kier alpha value is -1.58. The van der Waals surface area contributed by atoms with E-state index in [1.54, 1.807) is 11.9 Å². The average Bonchev–Trinajstić information content (AvgIpc) is 2.59. The van der Waals surface area contributed by atoms with Crippen LogP contribution in [0.3, 0.4) is 0 Å². The Kier molecular flexibility index (Phi) is 2.14. The molecule has 0 fully saturated rings. The van der Waals surface area contributed by atoms with Crippen LogP contribution in [0, 0.1) is 0 Å². The largest absolute Gasteiger partial charge is 0.497 e. The first-order valence-corrected chi connectivity index (χ1v) is 4.92. The molecule has 0 N–H and O–H groups in total. The first-order valence-electron chi connectivity index (χ1n) is 4.92. The highest BCUT2D eigenvalue weighted by atomic mass is 16.5. The number of hydrogen-bond acceptors (Lipinski definition) is 3. The van der Waals surface area contributed by atoms with Gasteiger partial charge in [0.1, 0.15) is 16.8 Å². The van der Waals surface area contributed by atoms with Gasteiger partial charge in [-0.1, -0.05) is 0 Å². The van der Waals surface area contributed by atoms with Crippen LogP contribution in [0.15, 0.2) is 18.2 Å². The van der Waals surface area contributed by atoms with Gasteiger partial charge in [-0.25, -0.2) is 0 Å². The van der Waals surface area contributed by atoms with Gasteiger partial charge < -0.3 is 4.74 Å². The number of rotatable bonds is 1. The molecule has 0 atom stereocenters. The molecule has 0 bridgehead atoms. The van der Waals surface area contributed by atoms with E-state index in [0.29, 0.717) is 0 Å². The average molecular weight is 205 g/mol. The van der Waals surface area contributed by atoms with Gasteiger partial charge in [0.05, 0.1) is 12.6 Å². The second-order valence-corrected chi connectivity index (χ2v) is 4.51. The summed E-state index contributed by atoms with van der Waals surface area (Å²) in [7, 11) is 1.65. The van der Waals surface area contributed by atoms with Crippen LogP contribution in [-0.4, -0.2) is 22.1 Å². The van der Waals surface area contributed by atoms with Gasteiger partial charge in [-0.05, 0) is 32.9 Å². The monoisotopic (exact) mass is 205 g/mol. The zero-order chi connectivity index (χ0) is 11.1. The third kappa shape index (κ3) is 1.79. The third-order valence-corrected chi connectivity index (χ3v) is 2.19. The van der Waals surface area contributed by atoms with Crippen molar-refractivity contribution >= 4 is 11.0 Å². The molecule has 0 saturated carbocycles. The lowest BCUT2D eigenvalue weighted by Gasteiger charge is -2.16. The van der Waals surface area contributed by atoms with E-state index in [9.17, 15) is 0 Å². The number of hydrogen-bond donors (Lipinski definition) is 0. The molecule has 0 amide bonds.